The van der Waals surface area contributed by atoms with Gasteiger partial charge in [0.1, 0.15) is 28.6 Å². The van der Waals surface area contributed by atoms with E-state index in [2.05, 4.69) is 15.2 Å². The van der Waals surface area contributed by atoms with Gasteiger partial charge < -0.3 is 24.3 Å². The van der Waals surface area contributed by atoms with Crippen LogP contribution in [-0.2, 0) is 11.2 Å². The quantitative estimate of drug-likeness (QED) is 0.372. The molecule has 0 radical (unpaired) electrons. The van der Waals surface area contributed by atoms with Crippen molar-refractivity contribution in [2.45, 2.75) is 18.5 Å². The van der Waals surface area contributed by atoms with Crippen molar-refractivity contribution >= 4 is 16.9 Å². The number of nitrogens with one attached hydrogen (secondary N) is 2. The zero-order valence-electron chi connectivity index (χ0n) is 19.5. The number of rotatable bonds is 4. The molecule has 0 spiro atoms. The van der Waals surface area contributed by atoms with Gasteiger partial charge in [0.25, 0.3) is 5.56 Å². The Bertz CT molecular complexity index is 1480. The molecule has 3 N–H and O–H groups in total. The van der Waals surface area contributed by atoms with Crippen LogP contribution in [0.25, 0.3) is 22.0 Å². The van der Waals surface area contributed by atoms with E-state index in [9.17, 15) is 18.0 Å². The van der Waals surface area contributed by atoms with Gasteiger partial charge in [-0.15, -0.1) is 0 Å². The van der Waals surface area contributed by atoms with Crippen LogP contribution in [0.1, 0.15) is 17.3 Å². The number of H-pyrrole nitrogens is 2. The number of alkyl halides is 3. The number of nitrogens with zero attached hydrogens (tertiary/aromatic N) is 2. The molecule has 194 valence electrons. The van der Waals surface area contributed by atoms with Crippen LogP contribution in [0, 0.1) is 0 Å². The number of carbonyl (C=O) groups is 1. The smallest absolute Gasteiger partial charge is 0.490 e. The molecule has 3 heterocycles. The lowest BCUT2D eigenvalue weighted by Gasteiger charge is -2.25. The summed E-state index contributed by atoms with van der Waals surface area (Å²) in [7, 11) is 3.21. The van der Waals surface area contributed by atoms with Crippen LogP contribution in [0.15, 0.2) is 47.5 Å². The lowest BCUT2D eigenvalue weighted by Crippen LogP contribution is -2.24. The third-order valence-electron chi connectivity index (χ3n) is 5.65. The van der Waals surface area contributed by atoms with Crippen LogP contribution >= 0.6 is 0 Å². The number of hydrogen-bond donors (Lipinski definition) is 3. The monoisotopic (exact) mass is 518 g/mol. The van der Waals surface area contributed by atoms with Crippen LogP contribution in [0.2, 0.25) is 0 Å². The molecule has 0 saturated carbocycles. The lowest BCUT2D eigenvalue weighted by atomic mass is 9.95. The first kappa shape index (κ1) is 25.5. The lowest BCUT2D eigenvalue weighted by molar-refractivity contribution is -0.192. The average molecular weight is 518 g/mol. The first-order valence-corrected chi connectivity index (χ1v) is 10.8. The maximum Gasteiger partial charge on any atom is 0.490 e. The molecule has 0 bridgehead atoms. The summed E-state index contributed by atoms with van der Waals surface area (Å²) in [6, 6.07) is 9.40. The van der Waals surface area contributed by atoms with Crippen molar-refractivity contribution in [2.24, 2.45) is 0 Å². The first-order chi connectivity index (χ1) is 17.6. The molecule has 0 saturated heterocycles. The van der Waals surface area contributed by atoms with Crippen molar-refractivity contribution in [1.82, 2.24) is 20.2 Å². The Balaban J connectivity index is 0.000000405. The van der Waals surface area contributed by atoms with Gasteiger partial charge in [-0.1, -0.05) is 0 Å². The van der Waals surface area contributed by atoms with Gasteiger partial charge in [0.15, 0.2) is 0 Å². The highest BCUT2D eigenvalue weighted by atomic mass is 19.4. The van der Waals surface area contributed by atoms with Gasteiger partial charge in [-0.3, -0.25) is 9.89 Å². The molecule has 1 aliphatic heterocycles. The Morgan fingerprint density at radius 1 is 1.16 bits per heavy atom. The fourth-order valence-electron chi connectivity index (χ4n) is 3.83. The number of carboxylic acids is 1. The summed E-state index contributed by atoms with van der Waals surface area (Å²) < 4.78 is 48.5. The molecule has 13 heteroatoms. The third-order valence-corrected chi connectivity index (χ3v) is 5.65. The number of fused-ring (bicyclic) bond motifs is 2. The number of hydrogen-bond acceptors (Lipinski definition) is 7. The van der Waals surface area contributed by atoms with Gasteiger partial charge in [-0.25, -0.2) is 9.78 Å². The second-order valence-corrected chi connectivity index (χ2v) is 8.00. The van der Waals surface area contributed by atoms with Crippen molar-refractivity contribution in [2.75, 3.05) is 20.8 Å². The number of halogens is 3. The molecular weight excluding hydrogens is 497 g/mol. The fraction of sp³-hybridized carbons (Fsp3) is 0.250. The number of benzene rings is 2. The highest BCUT2D eigenvalue weighted by Gasteiger charge is 2.38. The maximum absolute atomic E-state index is 12.9. The fourth-order valence-corrected chi connectivity index (χ4v) is 3.83. The first-order valence-electron chi connectivity index (χ1n) is 10.8. The molecule has 1 aliphatic rings. The van der Waals surface area contributed by atoms with Gasteiger partial charge in [0, 0.05) is 11.8 Å². The van der Waals surface area contributed by atoms with E-state index in [-0.39, 0.29) is 11.5 Å². The molecule has 0 amide bonds. The minimum atomic E-state index is -5.08. The zero-order valence-corrected chi connectivity index (χ0v) is 19.5. The Hall–Kier alpha value is -4.55. The molecule has 5 rings (SSSR count). The van der Waals surface area contributed by atoms with Crippen LogP contribution in [-0.4, -0.2) is 58.2 Å². The van der Waals surface area contributed by atoms with Gasteiger partial charge >= 0.3 is 12.1 Å². The highest BCUT2D eigenvalue weighted by molar-refractivity contribution is 5.89. The predicted molar refractivity (Wildman–Crippen MR) is 125 cm³/mol. The number of carboxylic acid groups (broad SMARTS) is 1. The third kappa shape index (κ3) is 5.50. The number of aliphatic carboxylic acids is 1. The van der Waals surface area contributed by atoms with Gasteiger partial charge in [0.2, 0.25) is 0 Å². The van der Waals surface area contributed by atoms with Crippen LogP contribution < -0.4 is 19.8 Å². The van der Waals surface area contributed by atoms with Gasteiger partial charge in [0.05, 0.1) is 38.3 Å². The molecule has 1 atom stereocenters. The summed E-state index contributed by atoms with van der Waals surface area (Å²) in [5.41, 5.74) is 3.03. The van der Waals surface area contributed by atoms with Crippen molar-refractivity contribution in [3.05, 3.63) is 64.5 Å². The van der Waals surface area contributed by atoms with E-state index in [1.165, 1.54) is 0 Å². The Kier molecular flexibility index (Phi) is 7.05. The van der Waals surface area contributed by atoms with E-state index in [4.69, 9.17) is 29.1 Å². The molecule has 10 nitrogen and oxygen atoms in total. The molecule has 2 aromatic carbocycles. The molecule has 0 aliphatic carbocycles. The summed E-state index contributed by atoms with van der Waals surface area (Å²) in [4.78, 5) is 29.5. The molecule has 0 fully saturated rings. The molecule has 37 heavy (non-hydrogen) atoms. The Labute approximate surface area is 207 Å². The highest BCUT2D eigenvalue weighted by Crippen LogP contribution is 2.35. The van der Waals surface area contributed by atoms with E-state index in [0.29, 0.717) is 35.5 Å². The zero-order chi connectivity index (χ0) is 26.7. The van der Waals surface area contributed by atoms with Crippen molar-refractivity contribution in [1.29, 1.82) is 0 Å². The SMILES string of the molecule is COc1ccc2c(c1)CC(c1nc3c(OC)cc(-c4cn[nH]c4)cc3c(=O)[nH]1)CO2.O=C(O)C(F)(F)F. The standard InChI is InChI=1S/C22H20N4O4.C2HF3O2/c1-28-16-3-4-18-13(6-16)5-14(11-30-18)21-25-20-17(22(27)26-21)7-12(8-19(20)29-2)15-9-23-24-10-15;3-2(4,5)1(6)7/h3-4,6-10,14H,5,11H2,1-2H3,(H,23,24)(H,25,26,27);(H,6,7). The van der Waals surface area contributed by atoms with Gasteiger partial charge in [-0.05, 0) is 47.9 Å². The summed E-state index contributed by atoms with van der Waals surface area (Å²) in [5.74, 6) is -0.124. The molecular formula is C24H21F3N4O6. The number of aromatic amines is 2. The summed E-state index contributed by atoms with van der Waals surface area (Å²) in [5, 5.41) is 14.3. The predicted octanol–water partition coefficient (Wildman–Crippen LogP) is 3.68. The van der Waals surface area contributed by atoms with Crippen LogP contribution in [0.5, 0.6) is 17.2 Å². The Morgan fingerprint density at radius 2 is 1.92 bits per heavy atom. The summed E-state index contributed by atoms with van der Waals surface area (Å²) >= 11 is 0. The van der Waals surface area contributed by atoms with Crippen LogP contribution in [0.4, 0.5) is 13.2 Å². The second-order valence-electron chi connectivity index (χ2n) is 8.00. The Morgan fingerprint density at radius 3 is 2.54 bits per heavy atom. The van der Waals surface area contributed by atoms with E-state index >= 15 is 0 Å². The van der Waals surface area contributed by atoms with E-state index < -0.39 is 12.1 Å². The van der Waals surface area contributed by atoms with Gasteiger partial charge in [-0.2, -0.15) is 18.3 Å². The van der Waals surface area contributed by atoms with E-state index in [1.54, 1.807) is 32.7 Å². The average Bonchev–Trinajstić information content (AvgIpc) is 3.42. The van der Waals surface area contributed by atoms with Crippen molar-refractivity contribution in [3.63, 3.8) is 0 Å². The number of aromatic nitrogens is 4. The number of methoxy groups -OCH3 is 2. The minimum Gasteiger partial charge on any atom is -0.497 e. The van der Waals surface area contributed by atoms with Crippen molar-refractivity contribution < 1.29 is 37.3 Å². The largest absolute Gasteiger partial charge is 0.497 e. The van der Waals surface area contributed by atoms with Crippen LogP contribution in [0.3, 0.4) is 0 Å². The molecule has 4 aromatic rings. The topological polar surface area (TPSA) is 139 Å². The second kappa shape index (κ2) is 10.2. The summed E-state index contributed by atoms with van der Waals surface area (Å²) in [6.07, 6.45) is -0.931. The van der Waals surface area contributed by atoms with E-state index in [0.717, 1.165) is 28.2 Å². The normalized spacial score (nSPS) is 14.7. The number of ether oxygens (including phenoxy) is 3. The van der Waals surface area contributed by atoms with E-state index in [1.807, 2.05) is 24.3 Å². The maximum atomic E-state index is 12.9. The summed E-state index contributed by atoms with van der Waals surface area (Å²) in [6.45, 7) is 0.434. The molecule has 1 unspecified atom stereocenters. The molecule has 2 aromatic heterocycles. The minimum absolute atomic E-state index is 0.0834. The van der Waals surface area contributed by atoms with Crippen molar-refractivity contribution in [3.8, 4) is 28.4 Å².